The first-order valence-corrected chi connectivity index (χ1v) is 8.93. The zero-order valence-corrected chi connectivity index (χ0v) is 14.0. The van der Waals surface area contributed by atoms with Crippen LogP contribution < -0.4 is 5.32 Å². The first-order chi connectivity index (χ1) is 10.3. The van der Waals surface area contributed by atoms with Crippen molar-refractivity contribution < 1.29 is 4.42 Å². The Balaban J connectivity index is 1.89. The highest BCUT2D eigenvalue weighted by molar-refractivity contribution is 7.16. The third-order valence-electron chi connectivity index (χ3n) is 3.37. The quantitative estimate of drug-likeness (QED) is 0.607. The average Bonchev–Trinajstić information content (AvgIpc) is 3.21. The summed E-state index contributed by atoms with van der Waals surface area (Å²) >= 11 is 9.47. The third-order valence-corrected chi connectivity index (χ3v) is 5.65. The largest absolute Gasteiger partial charge is 0.467 e. The lowest BCUT2D eigenvalue weighted by Gasteiger charge is -2.22. The summed E-state index contributed by atoms with van der Waals surface area (Å²) in [6, 6.07) is 12.5. The predicted octanol–water partition coefficient (Wildman–Crippen LogP) is 5.89. The number of furan rings is 1. The second-order valence-corrected chi connectivity index (χ2v) is 7.46. The van der Waals surface area contributed by atoms with E-state index in [1.807, 2.05) is 18.2 Å². The van der Waals surface area contributed by atoms with Crippen LogP contribution in [-0.2, 0) is 0 Å². The molecule has 2 nitrogen and oxygen atoms in total. The molecule has 0 spiro atoms. The second-order valence-electron chi connectivity index (χ2n) is 4.73. The van der Waals surface area contributed by atoms with Crippen LogP contribution in [0.25, 0.3) is 0 Å². The van der Waals surface area contributed by atoms with Crippen molar-refractivity contribution in [1.82, 2.24) is 5.32 Å². The molecular weight excluding hydrogens is 322 g/mol. The lowest BCUT2D eigenvalue weighted by Crippen LogP contribution is -2.25. The van der Waals surface area contributed by atoms with Gasteiger partial charge in [0.05, 0.1) is 10.6 Å². The molecule has 0 aromatic carbocycles. The summed E-state index contributed by atoms with van der Waals surface area (Å²) in [5.41, 5.74) is 0. The van der Waals surface area contributed by atoms with Crippen molar-refractivity contribution in [1.29, 1.82) is 0 Å². The highest BCUT2D eigenvalue weighted by atomic mass is 35.5. The fraction of sp³-hybridized carbons (Fsp3) is 0.250. The van der Waals surface area contributed by atoms with Gasteiger partial charge in [0.25, 0.3) is 0 Å². The van der Waals surface area contributed by atoms with Crippen LogP contribution in [-0.4, -0.2) is 0 Å². The van der Waals surface area contributed by atoms with Crippen molar-refractivity contribution in [2.24, 2.45) is 0 Å². The van der Waals surface area contributed by atoms with Crippen LogP contribution in [0.2, 0.25) is 4.34 Å². The molecule has 2 unspecified atom stereocenters. The van der Waals surface area contributed by atoms with Gasteiger partial charge in [-0.3, -0.25) is 5.32 Å². The van der Waals surface area contributed by atoms with E-state index in [2.05, 4.69) is 35.8 Å². The third kappa shape index (κ3) is 3.40. The van der Waals surface area contributed by atoms with E-state index in [0.717, 1.165) is 16.5 Å². The number of halogens is 1. The van der Waals surface area contributed by atoms with Crippen LogP contribution >= 0.6 is 34.3 Å². The molecule has 3 aromatic rings. The van der Waals surface area contributed by atoms with E-state index in [4.69, 9.17) is 16.0 Å². The Labute approximate surface area is 137 Å². The fourth-order valence-electron chi connectivity index (χ4n) is 2.34. The number of nitrogens with one attached hydrogen (secondary N) is 1. The first-order valence-electron chi connectivity index (χ1n) is 6.86. The van der Waals surface area contributed by atoms with Crippen molar-refractivity contribution in [3.05, 3.63) is 67.9 Å². The molecule has 0 fully saturated rings. The van der Waals surface area contributed by atoms with E-state index in [9.17, 15) is 0 Å². The summed E-state index contributed by atoms with van der Waals surface area (Å²) < 4.78 is 6.43. The zero-order valence-electron chi connectivity index (χ0n) is 11.6. The maximum absolute atomic E-state index is 6.10. The van der Waals surface area contributed by atoms with E-state index >= 15 is 0 Å². The second kappa shape index (κ2) is 6.79. The fourth-order valence-corrected chi connectivity index (χ4v) is 4.34. The summed E-state index contributed by atoms with van der Waals surface area (Å²) in [6.07, 6.45) is 2.74. The molecule has 5 heteroatoms. The Bertz CT molecular complexity index is 660. The minimum Gasteiger partial charge on any atom is -0.467 e. The Hall–Kier alpha value is -1.07. The molecule has 110 valence electrons. The molecule has 0 aliphatic rings. The Kier molecular flexibility index (Phi) is 4.80. The molecule has 3 heterocycles. The highest BCUT2D eigenvalue weighted by Crippen LogP contribution is 2.34. The molecule has 0 bridgehead atoms. The first kappa shape index (κ1) is 14.9. The standard InChI is InChI=1S/C16H16ClNOS2/c1-2-11(13-6-4-10-20-13)18-16(12-5-3-9-19-12)14-7-8-15(17)21-14/h3-11,16,18H,2H2,1H3. The molecule has 3 aromatic heterocycles. The number of thiophene rings is 2. The van der Waals surface area contributed by atoms with Gasteiger partial charge in [-0.1, -0.05) is 24.6 Å². The van der Waals surface area contributed by atoms with Gasteiger partial charge < -0.3 is 4.42 Å². The van der Waals surface area contributed by atoms with Gasteiger partial charge in [-0.25, -0.2) is 0 Å². The number of rotatable bonds is 6. The van der Waals surface area contributed by atoms with Crippen LogP contribution in [0.1, 0.15) is 40.9 Å². The highest BCUT2D eigenvalue weighted by Gasteiger charge is 2.23. The molecule has 2 atom stereocenters. The van der Waals surface area contributed by atoms with Crippen LogP contribution in [0.5, 0.6) is 0 Å². The van der Waals surface area contributed by atoms with Gasteiger partial charge in [0.15, 0.2) is 0 Å². The topological polar surface area (TPSA) is 25.2 Å². The minimum absolute atomic E-state index is 0.0320. The van der Waals surface area contributed by atoms with Crippen LogP contribution in [0, 0.1) is 0 Å². The van der Waals surface area contributed by atoms with Gasteiger partial charge in [0.1, 0.15) is 11.8 Å². The molecule has 0 aliphatic heterocycles. The maximum Gasteiger partial charge on any atom is 0.126 e. The molecule has 0 saturated heterocycles. The van der Waals surface area contributed by atoms with Gasteiger partial charge in [-0.2, -0.15) is 0 Å². The van der Waals surface area contributed by atoms with E-state index in [0.29, 0.717) is 6.04 Å². The van der Waals surface area contributed by atoms with Gasteiger partial charge in [-0.15, -0.1) is 22.7 Å². The van der Waals surface area contributed by atoms with E-state index in [1.165, 1.54) is 9.75 Å². The van der Waals surface area contributed by atoms with Gasteiger partial charge in [-0.05, 0) is 42.1 Å². The number of hydrogen-bond acceptors (Lipinski definition) is 4. The summed E-state index contributed by atoms with van der Waals surface area (Å²) in [4.78, 5) is 2.52. The van der Waals surface area contributed by atoms with E-state index in [1.54, 1.807) is 28.9 Å². The summed E-state index contributed by atoms with van der Waals surface area (Å²) in [7, 11) is 0. The summed E-state index contributed by atoms with van der Waals surface area (Å²) in [6.45, 7) is 2.19. The Morgan fingerprint density at radius 3 is 2.67 bits per heavy atom. The van der Waals surface area contributed by atoms with E-state index in [-0.39, 0.29) is 6.04 Å². The van der Waals surface area contributed by atoms with Gasteiger partial charge in [0.2, 0.25) is 0 Å². The van der Waals surface area contributed by atoms with Crippen LogP contribution in [0.3, 0.4) is 0 Å². The molecule has 21 heavy (non-hydrogen) atoms. The summed E-state index contributed by atoms with van der Waals surface area (Å²) in [5.74, 6) is 0.920. The van der Waals surface area contributed by atoms with Crippen molar-refractivity contribution in [2.75, 3.05) is 0 Å². The predicted molar refractivity (Wildman–Crippen MR) is 90.4 cm³/mol. The van der Waals surface area contributed by atoms with Crippen molar-refractivity contribution in [3.8, 4) is 0 Å². The molecule has 0 saturated carbocycles. The molecular formula is C16H16ClNOS2. The Morgan fingerprint density at radius 2 is 2.10 bits per heavy atom. The monoisotopic (exact) mass is 337 g/mol. The molecule has 1 N–H and O–H groups in total. The van der Waals surface area contributed by atoms with Crippen molar-refractivity contribution >= 4 is 34.3 Å². The van der Waals surface area contributed by atoms with Crippen molar-refractivity contribution in [2.45, 2.75) is 25.4 Å². The summed E-state index contributed by atoms with van der Waals surface area (Å²) in [5, 5.41) is 5.82. The molecule has 0 amide bonds. The van der Waals surface area contributed by atoms with Gasteiger partial charge in [0, 0.05) is 15.8 Å². The SMILES string of the molecule is CCC(NC(c1ccco1)c1ccc(Cl)s1)c1cccs1. The lowest BCUT2D eigenvalue weighted by atomic mass is 10.1. The lowest BCUT2D eigenvalue weighted by molar-refractivity contribution is 0.408. The maximum atomic E-state index is 6.10. The zero-order chi connectivity index (χ0) is 14.7. The van der Waals surface area contributed by atoms with E-state index < -0.39 is 0 Å². The van der Waals surface area contributed by atoms with Crippen LogP contribution in [0.15, 0.2) is 52.5 Å². The average molecular weight is 338 g/mol. The molecule has 0 aliphatic carbocycles. The molecule has 0 radical (unpaired) electrons. The molecule has 3 rings (SSSR count). The minimum atomic E-state index is 0.0320. The van der Waals surface area contributed by atoms with Gasteiger partial charge >= 0.3 is 0 Å². The number of hydrogen-bond donors (Lipinski definition) is 1. The smallest absolute Gasteiger partial charge is 0.126 e. The normalized spacial score (nSPS) is 14.2. The van der Waals surface area contributed by atoms with Crippen LogP contribution in [0.4, 0.5) is 0 Å². The Morgan fingerprint density at radius 1 is 1.19 bits per heavy atom. The van der Waals surface area contributed by atoms with Crippen molar-refractivity contribution in [3.63, 3.8) is 0 Å².